The average molecular weight is 380 g/mol. The number of benzene rings is 1. The van der Waals surface area contributed by atoms with Crippen molar-refractivity contribution >= 4 is 17.2 Å². The molecular formula is C19H16N4O3S. The number of hydrogen-bond acceptors (Lipinski definition) is 7. The minimum Gasteiger partial charge on any atom is -0.506 e. The van der Waals surface area contributed by atoms with Crippen LogP contribution >= 0.6 is 11.3 Å². The number of rotatable bonds is 6. The minimum absolute atomic E-state index is 0.0386. The number of aliphatic hydroxyl groups is 1. The number of aliphatic hydroxyl groups excluding tert-OH is 1. The van der Waals surface area contributed by atoms with E-state index in [1.54, 1.807) is 5.38 Å². The molecule has 27 heavy (non-hydrogen) atoms. The summed E-state index contributed by atoms with van der Waals surface area (Å²) in [6, 6.07) is 12.0. The van der Waals surface area contributed by atoms with Crippen molar-refractivity contribution in [3.05, 3.63) is 64.8 Å². The maximum atomic E-state index is 12.3. The van der Waals surface area contributed by atoms with Crippen LogP contribution in [0.15, 0.2) is 48.0 Å². The smallest absolute Gasteiger partial charge is 0.226 e. The van der Waals surface area contributed by atoms with E-state index in [0.717, 1.165) is 5.56 Å². The van der Waals surface area contributed by atoms with Crippen LogP contribution in [0.3, 0.4) is 0 Å². The number of carbonyl (C=O) groups excluding carboxylic acids is 1. The molecule has 0 aliphatic carbocycles. The molecule has 3 N–H and O–H groups in total. The van der Waals surface area contributed by atoms with Crippen molar-refractivity contribution in [2.24, 2.45) is 0 Å². The Morgan fingerprint density at radius 2 is 2.11 bits per heavy atom. The molecule has 1 unspecified atom stereocenters. The summed E-state index contributed by atoms with van der Waals surface area (Å²) in [4.78, 5) is 20.7. The molecule has 3 aromatic rings. The topological polar surface area (TPSA) is 119 Å². The molecule has 3 rings (SSSR count). The largest absolute Gasteiger partial charge is 0.506 e. The molecule has 0 saturated carbocycles. The van der Waals surface area contributed by atoms with E-state index in [-0.39, 0.29) is 35.9 Å². The van der Waals surface area contributed by atoms with Gasteiger partial charge in [0, 0.05) is 17.6 Å². The Hall–Kier alpha value is -3.28. The first kappa shape index (κ1) is 18.5. The first-order valence-corrected chi connectivity index (χ1v) is 8.97. The maximum absolute atomic E-state index is 12.3. The first-order valence-electron chi connectivity index (χ1n) is 8.09. The van der Waals surface area contributed by atoms with Crippen LogP contribution in [0.5, 0.6) is 5.75 Å². The molecule has 0 saturated heterocycles. The number of nitrogens with zero attached hydrogens (tertiary/aromatic N) is 3. The second kappa shape index (κ2) is 8.40. The monoisotopic (exact) mass is 380 g/mol. The fourth-order valence-corrected chi connectivity index (χ4v) is 3.33. The molecule has 1 atom stereocenters. The lowest BCUT2D eigenvalue weighted by atomic mass is 10.1. The lowest BCUT2D eigenvalue weighted by Crippen LogP contribution is -2.32. The molecule has 0 spiro atoms. The second-order valence-corrected chi connectivity index (χ2v) is 6.60. The van der Waals surface area contributed by atoms with Gasteiger partial charge in [-0.15, -0.1) is 11.3 Å². The van der Waals surface area contributed by atoms with Crippen LogP contribution in [0.4, 0.5) is 0 Å². The van der Waals surface area contributed by atoms with Crippen LogP contribution in [-0.4, -0.2) is 32.7 Å². The van der Waals surface area contributed by atoms with Crippen molar-refractivity contribution in [3.63, 3.8) is 0 Å². The zero-order chi connectivity index (χ0) is 19.2. The van der Waals surface area contributed by atoms with Crippen molar-refractivity contribution in [3.8, 4) is 22.5 Å². The van der Waals surface area contributed by atoms with Crippen molar-refractivity contribution in [2.45, 2.75) is 12.5 Å². The van der Waals surface area contributed by atoms with E-state index in [9.17, 15) is 15.0 Å². The van der Waals surface area contributed by atoms with Gasteiger partial charge in [-0.2, -0.15) is 5.26 Å². The van der Waals surface area contributed by atoms with Gasteiger partial charge in [-0.25, -0.2) is 9.97 Å². The fourth-order valence-electron chi connectivity index (χ4n) is 2.51. The van der Waals surface area contributed by atoms with E-state index < -0.39 is 6.04 Å². The number of nitriles is 1. The molecule has 8 heteroatoms. The summed E-state index contributed by atoms with van der Waals surface area (Å²) in [5.74, 6) is -0.407. The zero-order valence-electron chi connectivity index (χ0n) is 14.2. The molecule has 136 valence electrons. The summed E-state index contributed by atoms with van der Waals surface area (Å²) in [5.41, 5.74) is 1.87. The predicted molar refractivity (Wildman–Crippen MR) is 99.8 cm³/mol. The highest BCUT2D eigenvalue weighted by Gasteiger charge is 2.16. The van der Waals surface area contributed by atoms with E-state index in [4.69, 9.17) is 5.26 Å². The summed E-state index contributed by atoms with van der Waals surface area (Å²) < 4.78 is 0. The van der Waals surface area contributed by atoms with Crippen LogP contribution in [-0.2, 0) is 11.2 Å². The average Bonchev–Trinajstić information content (AvgIpc) is 3.14. The van der Waals surface area contributed by atoms with Gasteiger partial charge in [0.1, 0.15) is 22.5 Å². The summed E-state index contributed by atoms with van der Waals surface area (Å²) in [6.07, 6.45) is 1.39. The number of carbonyl (C=O) groups is 1. The van der Waals surface area contributed by atoms with Gasteiger partial charge in [-0.05, 0) is 5.56 Å². The summed E-state index contributed by atoms with van der Waals surface area (Å²) in [7, 11) is 0. The lowest BCUT2D eigenvalue weighted by Gasteiger charge is -2.16. The summed E-state index contributed by atoms with van der Waals surface area (Å²) >= 11 is 1.25. The third kappa shape index (κ3) is 4.47. The van der Waals surface area contributed by atoms with Crippen molar-refractivity contribution in [1.82, 2.24) is 15.3 Å². The molecule has 2 aromatic heterocycles. The van der Waals surface area contributed by atoms with Crippen LogP contribution in [0.1, 0.15) is 22.9 Å². The molecule has 0 fully saturated rings. The van der Waals surface area contributed by atoms with Crippen molar-refractivity contribution < 1.29 is 15.0 Å². The Labute approximate surface area is 159 Å². The Morgan fingerprint density at radius 3 is 2.78 bits per heavy atom. The van der Waals surface area contributed by atoms with Gasteiger partial charge in [0.05, 0.1) is 30.3 Å². The highest BCUT2D eigenvalue weighted by Crippen LogP contribution is 2.30. The SMILES string of the molecule is N#Cc1cnc(-c2nc(CC(=O)NC(CO)c3ccccc3)cs2)c(O)c1. The van der Waals surface area contributed by atoms with Gasteiger partial charge >= 0.3 is 0 Å². The van der Waals surface area contributed by atoms with Crippen LogP contribution < -0.4 is 5.32 Å². The van der Waals surface area contributed by atoms with Crippen molar-refractivity contribution in [1.29, 1.82) is 5.26 Å². The Kier molecular flexibility index (Phi) is 5.76. The number of aromatic hydroxyl groups is 1. The molecule has 0 aliphatic heterocycles. The Bertz CT molecular complexity index is 982. The van der Waals surface area contributed by atoms with Crippen LogP contribution in [0.2, 0.25) is 0 Å². The maximum Gasteiger partial charge on any atom is 0.226 e. The van der Waals surface area contributed by atoms with Gasteiger partial charge < -0.3 is 15.5 Å². The highest BCUT2D eigenvalue weighted by molar-refractivity contribution is 7.13. The number of pyridine rings is 1. The molecule has 0 aliphatic rings. The minimum atomic E-state index is -0.485. The Morgan fingerprint density at radius 1 is 1.33 bits per heavy atom. The Balaban J connectivity index is 1.68. The predicted octanol–water partition coefficient (Wildman–Crippen LogP) is 2.17. The fraction of sp³-hybridized carbons (Fsp3) is 0.158. The summed E-state index contributed by atoms with van der Waals surface area (Å²) in [5, 5.41) is 33.3. The van der Waals surface area contributed by atoms with E-state index in [1.165, 1.54) is 23.6 Å². The van der Waals surface area contributed by atoms with Gasteiger partial charge in [-0.3, -0.25) is 4.79 Å². The number of nitrogens with one attached hydrogen (secondary N) is 1. The van der Waals surface area contributed by atoms with E-state index in [2.05, 4.69) is 15.3 Å². The number of amides is 1. The van der Waals surface area contributed by atoms with Gasteiger partial charge in [0.2, 0.25) is 5.91 Å². The summed E-state index contributed by atoms with van der Waals surface area (Å²) in [6.45, 7) is -0.207. The number of hydrogen-bond donors (Lipinski definition) is 3. The lowest BCUT2D eigenvalue weighted by molar-refractivity contribution is -0.121. The number of aromatic nitrogens is 2. The highest BCUT2D eigenvalue weighted by atomic mass is 32.1. The van der Waals surface area contributed by atoms with Gasteiger partial charge in [0.15, 0.2) is 0 Å². The first-order chi connectivity index (χ1) is 13.1. The third-order valence-corrected chi connectivity index (χ3v) is 4.71. The standard InChI is InChI=1S/C19H16N4O3S/c20-8-12-6-16(25)18(21-9-12)19-22-14(11-27-19)7-17(26)23-15(10-24)13-4-2-1-3-5-13/h1-6,9,11,15,24-25H,7,10H2,(H,23,26). The second-order valence-electron chi connectivity index (χ2n) is 5.74. The normalized spacial score (nSPS) is 11.6. The molecule has 7 nitrogen and oxygen atoms in total. The zero-order valence-corrected chi connectivity index (χ0v) is 15.0. The third-order valence-electron chi connectivity index (χ3n) is 3.81. The quantitative estimate of drug-likeness (QED) is 0.603. The van der Waals surface area contributed by atoms with Gasteiger partial charge in [0.25, 0.3) is 0 Å². The molecule has 2 heterocycles. The van der Waals surface area contributed by atoms with E-state index in [1.807, 2.05) is 36.4 Å². The van der Waals surface area contributed by atoms with Crippen molar-refractivity contribution in [2.75, 3.05) is 6.61 Å². The van der Waals surface area contributed by atoms with Crippen LogP contribution in [0, 0.1) is 11.3 Å². The molecule has 0 radical (unpaired) electrons. The molecular weight excluding hydrogens is 364 g/mol. The molecule has 1 aromatic carbocycles. The van der Waals surface area contributed by atoms with E-state index in [0.29, 0.717) is 10.7 Å². The van der Waals surface area contributed by atoms with Gasteiger partial charge in [-0.1, -0.05) is 30.3 Å². The van der Waals surface area contributed by atoms with E-state index >= 15 is 0 Å². The number of thiazole rings is 1. The molecule has 0 bridgehead atoms. The van der Waals surface area contributed by atoms with Crippen LogP contribution in [0.25, 0.3) is 10.7 Å². The molecule has 1 amide bonds.